The molecule has 2 amide bonds. The van der Waals surface area contributed by atoms with Crippen molar-refractivity contribution in [3.05, 3.63) is 53.7 Å². The highest BCUT2D eigenvalue weighted by Gasteiger charge is 2.26. The molecule has 1 heterocycles. The van der Waals surface area contributed by atoms with Gasteiger partial charge in [0.15, 0.2) is 5.76 Å². The molecule has 5 nitrogen and oxygen atoms in total. The van der Waals surface area contributed by atoms with Crippen molar-refractivity contribution in [1.29, 1.82) is 0 Å². The number of carbonyl (C=O) groups excluding carboxylic acids is 2. The van der Waals surface area contributed by atoms with Crippen LogP contribution in [0.15, 0.2) is 41.0 Å². The van der Waals surface area contributed by atoms with Crippen molar-refractivity contribution in [2.45, 2.75) is 26.8 Å². The summed E-state index contributed by atoms with van der Waals surface area (Å²) in [5.41, 5.74) is 1.12. The van der Waals surface area contributed by atoms with E-state index in [0.717, 1.165) is 0 Å². The third-order valence-electron chi connectivity index (χ3n) is 3.43. The molecule has 0 aliphatic heterocycles. The number of carbonyl (C=O) groups is 2. The van der Waals surface area contributed by atoms with Crippen LogP contribution in [-0.2, 0) is 4.79 Å². The molecule has 0 saturated heterocycles. The molecule has 2 aromatic rings. The Morgan fingerprint density at radius 2 is 1.96 bits per heavy atom. The smallest absolute Gasteiger partial charge is 0.287 e. The normalized spacial score (nSPS) is 12.0. The molecule has 0 saturated carbocycles. The van der Waals surface area contributed by atoms with E-state index < -0.39 is 11.9 Å². The van der Waals surface area contributed by atoms with Crippen molar-refractivity contribution >= 4 is 17.5 Å². The van der Waals surface area contributed by atoms with Gasteiger partial charge >= 0.3 is 0 Å². The first-order chi connectivity index (χ1) is 10.9. The molecular weight excluding hydrogens is 299 g/mol. The SMILES string of the molecule is Cc1cc(F)ccc1NC(=O)[C@@H](NC(=O)c1ccco1)C(C)C. The molecule has 1 atom stereocenters. The highest BCUT2D eigenvalue weighted by molar-refractivity contribution is 6.00. The second-order valence-electron chi connectivity index (χ2n) is 5.62. The van der Waals surface area contributed by atoms with Crippen molar-refractivity contribution in [2.24, 2.45) is 5.92 Å². The second-order valence-corrected chi connectivity index (χ2v) is 5.62. The molecular formula is C17H19FN2O3. The number of hydrogen-bond donors (Lipinski definition) is 2. The van der Waals surface area contributed by atoms with E-state index in [0.29, 0.717) is 11.3 Å². The van der Waals surface area contributed by atoms with Gasteiger partial charge in [-0.05, 0) is 48.7 Å². The molecule has 0 bridgehead atoms. The van der Waals surface area contributed by atoms with Crippen LogP contribution in [0.1, 0.15) is 30.0 Å². The minimum Gasteiger partial charge on any atom is -0.459 e. The van der Waals surface area contributed by atoms with Crippen molar-refractivity contribution < 1.29 is 18.4 Å². The third-order valence-corrected chi connectivity index (χ3v) is 3.43. The van der Waals surface area contributed by atoms with E-state index in [1.807, 2.05) is 13.8 Å². The molecule has 0 radical (unpaired) electrons. The molecule has 2 rings (SSSR count). The maximum absolute atomic E-state index is 13.1. The average Bonchev–Trinajstić information content (AvgIpc) is 3.01. The molecule has 0 fully saturated rings. The Hall–Kier alpha value is -2.63. The van der Waals surface area contributed by atoms with Gasteiger partial charge in [-0.3, -0.25) is 9.59 Å². The number of rotatable bonds is 5. The van der Waals surface area contributed by atoms with Gasteiger partial charge in [-0.2, -0.15) is 0 Å². The van der Waals surface area contributed by atoms with E-state index in [9.17, 15) is 14.0 Å². The van der Waals surface area contributed by atoms with Crippen molar-refractivity contribution in [1.82, 2.24) is 5.32 Å². The number of benzene rings is 1. The summed E-state index contributed by atoms with van der Waals surface area (Å²) in [5.74, 6) is -1.18. The second kappa shape index (κ2) is 7.09. The van der Waals surface area contributed by atoms with Gasteiger partial charge in [-0.1, -0.05) is 13.8 Å². The molecule has 0 aliphatic carbocycles. The Labute approximate surface area is 133 Å². The fourth-order valence-corrected chi connectivity index (χ4v) is 2.13. The van der Waals surface area contributed by atoms with Crippen molar-refractivity contribution in [2.75, 3.05) is 5.32 Å². The predicted molar refractivity (Wildman–Crippen MR) is 84.6 cm³/mol. The zero-order chi connectivity index (χ0) is 17.0. The molecule has 2 N–H and O–H groups in total. The molecule has 1 aromatic heterocycles. The largest absolute Gasteiger partial charge is 0.459 e. The van der Waals surface area contributed by atoms with Crippen LogP contribution in [0, 0.1) is 18.7 Å². The predicted octanol–water partition coefficient (Wildman–Crippen LogP) is 3.12. The zero-order valence-electron chi connectivity index (χ0n) is 13.2. The summed E-state index contributed by atoms with van der Waals surface area (Å²) in [5, 5.41) is 5.37. The van der Waals surface area contributed by atoms with Gasteiger partial charge < -0.3 is 15.1 Å². The van der Waals surface area contributed by atoms with Gasteiger partial charge in [0.25, 0.3) is 5.91 Å². The van der Waals surface area contributed by atoms with Gasteiger partial charge in [-0.15, -0.1) is 0 Å². The number of halogens is 1. The Morgan fingerprint density at radius 3 is 2.52 bits per heavy atom. The van der Waals surface area contributed by atoms with Crippen molar-refractivity contribution in [3.8, 4) is 0 Å². The lowest BCUT2D eigenvalue weighted by molar-refractivity contribution is -0.118. The topological polar surface area (TPSA) is 71.3 Å². The zero-order valence-corrected chi connectivity index (χ0v) is 13.2. The summed E-state index contributed by atoms with van der Waals surface area (Å²) in [4.78, 5) is 24.5. The summed E-state index contributed by atoms with van der Waals surface area (Å²) in [6.45, 7) is 5.35. The average molecular weight is 318 g/mol. The minimum absolute atomic E-state index is 0.130. The van der Waals surface area contributed by atoms with Crippen LogP contribution in [0.25, 0.3) is 0 Å². The van der Waals surface area contributed by atoms with Crippen LogP contribution in [0.4, 0.5) is 10.1 Å². The lowest BCUT2D eigenvalue weighted by Gasteiger charge is -2.21. The maximum atomic E-state index is 13.1. The first-order valence-corrected chi connectivity index (χ1v) is 7.30. The lowest BCUT2D eigenvalue weighted by atomic mass is 10.0. The van der Waals surface area contributed by atoms with E-state index in [2.05, 4.69) is 10.6 Å². The summed E-state index contributed by atoms with van der Waals surface area (Å²) >= 11 is 0. The molecule has 23 heavy (non-hydrogen) atoms. The molecule has 0 aliphatic rings. The summed E-state index contributed by atoms with van der Waals surface area (Å²) in [6.07, 6.45) is 1.39. The van der Waals surface area contributed by atoms with E-state index in [1.165, 1.54) is 30.5 Å². The van der Waals surface area contributed by atoms with E-state index in [4.69, 9.17) is 4.42 Å². The summed E-state index contributed by atoms with van der Waals surface area (Å²) in [7, 11) is 0. The molecule has 6 heteroatoms. The molecule has 1 aromatic carbocycles. The molecule has 0 unspecified atom stereocenters. The van der Waals surface area contributed by atoms with Gasteiger partial charge in [0.1, 0.15) is 11.9 Å². The maximum Gasteiger partial charge on any atom is 0.287 e. The molecule has 122 valence electrons. The van der Waals surface area contributed by atoms with Gasteiger partial charge in [0, 0.05) is 5.69 Å². The van der Waals surface area contributed by atoms with Crippen LogP contribution in [0.5, 0.6) is 0 Å². The number of aryl methyl sites for hydroxylation is 1. The third kappa shape index (κ3) is 4.18. The van der Waals surface area contributed by atoms with Gasteiger partial charge in [0.05, 0.1) is 6.26 Å². The monoisotopic (exact) mass is 318 g/mol. The highest BCUT2D eigenvalue weighted by atomic mass is 19.1. The van der Waals surface area contributed by atoms with Crippen LogP contribution in [0.2, 0.25) is 0 Å². The minimum atomic E-state index is -0.739. The standard InChI is InChI=1S/C17H19FN2O3/c1-10(2)15(20-16(21)14-5-4-8-23-14)17(22)19-13-7-6-12(18)9-11(13)3/h4-10,15H,1-3H3,(H,19,22)(H,20,21)/t15-/m0/s1. The van der Waals surface area contributed by atoms with Crippen molar-refractivity contribution in [3.63, 3.8) is 0 Å². The number of furan rings is 1. The van der Waals surface area contributed by atoms with E-state index in [-0.39, 0.29) is 23.4 Å². The van der Waals surface area contributed by atoms with Gasteiger partial charge in [-0.25, -0.2) is 4.39 Å². The van der Waals surface area contributed by atoms with Crippen LogP contribution < -0.4 is 10.6 Å². The summed E-state index contributed by atoms with van der Waals surface area (Å²) in [6, 6.07) is 6.48. The lowest BCUT2D eigenvalue weighted by Crippen LogP contribution is -2.47. The molecule has 0 spiro atoms. The van der Waals surface area contributed by atoms with Crippen LogP contribution >= 0.6 is 0 Å². The first kappa shape index (κ1) is 16.7. The van der Waals surface area contributed by atoms with Crippen LogP contribution in [-0.4, -0.2) is 17.9 Å². The Balaban J connectivity index is 2.10. The fraction of sp³-hybridized carbons (Fsp3) is 0.294. The van der Waals surface area contributed by atoms with E-state index in [1.54, 1.807) is 13.0 Å². The number of nitrogens with one attached hydrogen (secondary N) is 2. The van der Waals surface area contributed by atoms with E-state index >= 15 is 0 Å². The Kier molecular flexibility index (Phi) is 5.16. The highest BCUT2D eigenvalue weighted by Crippen LogP contribution is 2.17. The van der Waals surface area contributed by atoms with Gasteiger partial charge in [0.2, 0.25) is 5.91 Å². The number of amides is 2. The van der Waals surface area contributed by atoms with Crippen LogP contribution in [0.3, 0.4) is 0 Å². The fourth-order valence-electron chi connectivity index (χ4n) is 2.13. The number of hydrogen-bond acceptors (Lipinski definition) is 3. The summed E-state index contributed by atoms with van der Waals surface area (Å²) < 4.78 is 18.1. The Morgan fingerprint density at radius 1 is 1.22 bits per heavy atom. The first-order valence-electron chi connectivity index (χ1n) is 7.30. The Bertz CT molecular complexity index is 696. The number of anilines is 1. The quantitative estimate of drug-likeness (QED) is 0.890.